The van der Waals surface area contributed by atoms with E-state index in [4.69, 9.17) is 19.4 Å². The van der Waals surface area contributed by atoms with Crippen LogP contribution in [0.4, 0.5) is 0 Å². The Morgan fingerprint density at radius 3 is 1.27 bits per heavy atom. The summed E-state index contributed by atoms with van der Waals surface area (Å²) in [7, 11) is 11.0. The average molecular weight is 838 g/mol. The molecule has 2 nitrogen and oxygen atoms in total. The normalized spacial score (nSPS) is 18.4. The zero-order valence-electron chi connectivity index (χ0n) is 24.9. The molecule has 3 saturated carbocycles. The molecule has 2 heterocycles. The molecule has 0 saturated heterocycles. The van der Waals surface area contributed by atoms with Gasteiger partial charge in [-0.15, -0.1) is 0 Å². The minimum atomic E-state index is -1.52. The Hall–Kier alpha value is 0.503. The van der Waals surface area contributed by atoms with Crippen molar-refractivity contribution in [3.63, 3.8) is 0 Å². The van der Waals surface area contributed by atoms with E-state index in [-0.39, 0.29) is 7.92 Å². The predicted molar refractivity (Wildman–Crippen MR) is 190 cm³/mol. The Kier molecular flexibility index (Phi) is 21.9. The number of pyridine rings is 2. The Labute approximate surface area is 281 Å². The van der Waals surface area contributed by atoms with Gasteiger partial charge in [0, 0.05) is 41.7 Å². The van der Waals surface area contributed by atoms with Gasteiger partial charge in [-0.05, 0) is 133 Å². The zero-order chi connectivity index (χ0) is 29.7. The topological polar surface area (TPSA) is 25.8 Å². The molecule has 2 aromatic rings. The van der Waals surface area contributed by atoms with Crippen molar-refractivity contribution in [3.8, 4) is 0 Å². The van der Waals surface area contributed by atoms with Crippen molar-refractivity contribution in [1.29, 1.82) is 0 Å². The summed E-state index contributed by atoms with van der Waals surface area (Å²) >= 11 is 4.98. The molecule has 3 aliphatic rings. The quantitative estimate of drug-likeness (QED) is 0.226. The minimum absolute atomic E-state index is 0.0465. The van der Waals surface area contributed by atoms with Crippen LogP contribution in [0.2, 0.25) is 0 Å². The fraction of sp³-hybridized carbons (Fsp3) is 0.606. The zero-order valence-corrected chi connectivity index (χ0v) is 32.3. The van der Waals surface area contributed by atoms with Crippen LogP contribution in [0.3, 0.4) is 0 Å². The molecule has 0 unspecified atom stereocenters. The van der Waals surface area contributed by atoms with Gasteiger partial charge in [-0.2, -0.15) is 0 Å². The second-order valence-electron chi connectivity index (χ2n) is 11.4. The molecule has 0 atom stereocenters. The first kappa shape index (κ1) is 37.7. The molecule has 8 heteroatoms. The first-order valence-corrected chi connectivity index (χ1v) is 24.1. The molecule has 41 heavy (non-hydrogen) atoms. The molecule has 0 spiro atoms. The van der Waals surface area contributed by atoms with Gasteiger partial charge < -0.3 is 0 Å². The number of halogens is 4. The number of nitrogens with zero attached hydrogens (tertiary/aromatic N) is 2. The Morgan fingerprint density at radius 1 is 0.707 bits per heavy atom. The van der Waals surface area contributed by atoms with Crippen molar-refractivity contribution < 1.29 is 13.5 Å². The van der Waals surface area contributed by atoms with Crippen LogP contribution in [0.15, 0.2) is 69.6 Å². The van der Waals surface area contributed by atoms with Crippen LogP contribution in [0.25, 0.3) is 0 Å². The number of aromatic nitrogens is 2. The molecule has 0 aliphatic heterocycles. The van der Waals surface area contributed by atoms with Gasteiger partial charge in [-0.3, -0.25) is 9.97 Å². The molecular weight excluding hydrogens is 787 g/mol. The van der Waals surface area contributed by atoms with E-state index >= 15 is 0 Å². The molecule has 0 radical (unpaired) electrons. The maximum atomic E-state index is 5.53. The van der Waals surface area contributed by atoms with E-state index in [9.17, 15) is 0 Å². The number of hydrogen-bond donors (Lipinski definition) is 0. The number of rotatable bonds is 4. The summed E-state index contributed by atoms with van der Waals surface area (Å²) in [5.41, 5.74) is 4.92. The van der Waals surface area contributed by atoms with E-state index in [1.54, 1.807) is 121 Å². The third-order valence-corrected chi connectivity index (χ3v) is 15.2. The van der Waals surface area contributed by atoms with Gasteiger partial charge in [-0.1, -0.05) is 19.3 Å². The molecule has 0 aromatic carbocycles. The van der Waals surface area contributed by atoms with Gasteiger partial charge in [-0.25, -0.2) is 0 Å². The molecular formula is C33H50Br2Cl2N2PRu+. The maximum absolute atomic E-state index is 5.53. The third-order valence-electron chi connectivity index (χ3n) is 7.96. The van der Waals surface area contributed by atoms with Crippen molar-refractivity contribution in [2.75, 3.05) is 0 Å². The Balaban J connectivity index is 0.000000221. The molecule has 3 aliphatic carbocycles. The Bertz CT molecular complexity index is 875. The molecule has 5 rings (SSSR count). The predicted octanol–water partition coefficient (Wildman–Crippen LogP) is 12.6. The summed E-state index contributed by atoms with van der Waals surface area (Å²) in [6, 6.07) is 7.63. The number of hydrogen-bond acceptors (Lipinski definition) is 2. The van der Waals surface area contributed by atoms with Gasteiger partial charge in [0.25, 0.3) is 0 Å². The summed E-state index contributed by atoms with van der Waals surface area (Å²) in [5.74, 6) is 0. The van der Waals surface area contributed by atoms with Crippen molar-refractivity contribution in [3.05, 3.63) is 69.6 Å². The van der Waals surface area contributed by atoms with Gasteiger partial charge in [0.1, 0.15) is 0 Å². The van der Waals surface area contributed by atoms with Crippen molar-refractivity contribution in [2.24, 2.45) is 0 Å². The third kappa shape index (κ3) is 18.2. The van der Waals surface area contributed by atoms with Gasteiger partial charge in [0.15, 0.2) is 0 Å². The van der Waals surface area contributed by atoms with Crippen LogP contribution in [-0.4, -0.2) is 31.6 Å². The molecule has 3 fully saturated rings. The molecule has 0 N–H and O–H groups in total. The van der Waals surface area contributed by atoms with Crippen LogP contribution in [0.1, 0.15) is 110 Å². The second kappa shape index (κ2) is 23.8. The van der Waals surface area contributed by atoms with Gasteiger partial charge in [0.2, 0.25) is 0 Å². The molecule has 2 aromatic heterocycles. The second-order valence-corrected chi connectivity index (χ2v) is 22.5. The van der Waals surface area contributed by atoms with Crippen LogP contribution in [0.5, 0.6) is 0 Å². The van der Waals surface area contributed by atoms with E-state index in [1.807, 2.05) is 48.8 Å². The van der Waals surface area contributed by atoms with Gasteiger partial charge >= 0.3 is 63.0 Å². The van der Waals surface area contributed by atoms with Gasteiger partial charge in [0.05, 0.1) is 17.0 Å². The van der Waals surface area contributed by atoms with Crippen LogP contribution in [-0.2, 0) is 13.5 Å². The summed E-state index contributed by atoms with van der Waals surface area (Å²) in [4.78, 5) is 7.67. The molecule has 0 bridgehead atoms. The number of allylic oxidation sites excluding steroid dienone is 2. The summed E-state index contributed by atoms with van der Waals surface area (Å²) < 4.78 is 3.92. The SMILES string of the molecule is Brc1cccnc1.Brc1cccnc1.C1CCC([PH+](C2CCCCC2)C2CCCCC2)CC1.CC(C)=C[CH]=[Ru]([Cl])[Cl]. The van der Waals surface area contributed by atoms with E-state index in [1.165, 1.54) is 22.6 Å². The van der Waals surface area contributed by atoms with E-state index in [2.05, 4.69) is 41.8 Å². The van der Waals surface area contributed by atoms with Crippen molar-refractivity contribution >= 4 is 63.8 Å². The van der Waals surface area contributed by atoms with Crippen LogP contribution in [0, 0.1) is 0 Å². The van der Waals surface area contributed by atoms with Crippen molar-refractivity contribution in [2.45, 2.75) is 127 Å². The van der Waals surface area contributed by atoms with E-state index in [0.29, 0.717) is 0 Å². The fourth-order valence-electron chi connectivity index (χ4n) is 6.15. The Morgan fingerprint density at radius 2 is 1.07 bits per heavy atom. The fourth-order valence-corrected chi connectivity index (χ4v) is 13.2. The standard InChI is InChI=1S/C18H33P.2C5H4BrN.C5H8.2ClH.Ru/c1-4-10-16(11-5-1)19(17-12-6-2-7-13-17)18-14-8-3-9-15-18;2*6-5-2-1-3-7-4-5;1-4-5(2)3;;;/h16-18H,1-15H2;2*1-4H;1,4H,2-3H3;2*1H;/q;;;;;;+2/p-1. The first-order valence-electron chi connectivity index (χ1n) is 15.3. The van der Waals surface area contributed by atoms with Crippen molar-refractivity contribution in [1.82, 2.24) is 9.97 Å². The van der Waals surface area contributed by atoms with E-state index < -0.39 is 13.5 Å². The van der Waals surface area contributed by atoms with Crippen LogP contribution >= 0.6 is 59.2 Å². The summed E-state index contributed by atoms with van der Waals surface area (Å²) in [6.07, 6.45) is 32.7. The first-order chi connectivity index (χ1) is 19.9. The van der Waals surface area contributed by atoms with E-state index in [0.717, 1.165) is 8.95 Å². The summed E-state index contributed by atoms with van der Waals surface area (Å²) in [5, 5.41) is 0. The molecule has 0 amide bonds. The monoisotopic (exact) mass is 835 g/mol. The van der Waals surface area contributed by atoms with Crippen LogP contribution < -0.4 is 0 Å². The average Bonchev–Trinajstić information content (AvgIpc) is 3.00. The molecule has 232 valence electrons. The summed E-state index contributed by atoms with van der Waals surface area (Å²) in [6.45, 7) is 4.03.